The van der Waals surface area contributed by atoms with E-state index in [1.165, 1.54) is 32.1 Å². The highest BCUT2D eigenvalue weighted by atomic mass is 32.2. The number of ether oxygens (including phenoxy) is 1. The smallest absolute Gasteiger partial charge is 0.274 e. The topological polar surface area (TPSA) is 59.0 Å². The van der Waals surface area contributed by atoms with E-state index in [4.69, 9.17) is 4.74 Å². The average Bonchev–Trinajstić information content (AvgIpc) is 3.41. The van der Waals surface area contributed by atoms with Gasteiger partial charge in [-0.15, -0.1) is 0 Å². The Bertz CT molecular complexity index is 1340. The first-order valence-corrected chi connectivity index (χ1v) is 13.4. The Morgan fingerprint density at radius 3 is 2.91 bits per heavy atom. The molecule has 4 aliphatic rings. The summed E-state index contributed by atoms with van der Waals surface area (Å²) in [5.74, 6) is 3.26. The first-order chi connectivity index (χ1) is 15.9. The van der Waals surface area contributed by atoms with Crippen molar-refractivity contribution in [2.45, 2.75) is 45.1 Å². The molecule has 7 rings (SSSR count). The summed E-state index contributed by atoms with van der Waals surface area (Å²) < 4.78 is 12.0. The van der Waals surface area contributed by atoms with Crippen LogP contribution in [0.1, 0.15) is 39.0 Å². The molecule has 2 heterocycles. The van der Waals surface area contributed by atoms with E-state index in [-0.39, 0.29) is 5.56 Å². The molecule has 6 heteroatoms. The molecular weight excluding hydrogens is 430 g/mol. The first-order valence-electron chi connectivity index (χ1n) is 12.2. The third-order valence-corrected chi connectivity index (χ3v) is 9.86. The summed E-state index contributed by atoms with van der Waals surface area (Å²) in [4.78, 5) is 15.8. The van der Waals surface area contributed by atoms with Crippen LogP contribution in [0, 0.1) is 28.6 Å². The zero-order chi connectivity index (χ0) is 22.5. The molecule has 1 spiro atoms. The molecule has 1 aromatic carbocycles. The molecule has 172 valence electrons. The quantitative estimate of drug-likeness (QED) is 0.470. The van der Waals surface area contributed by atoms with Crippen molar-refractivity contribution in [3.8, 4) is 16.9 Å². The predicted octanol–water partition coefficient (Wildman–Crippen LogP) is 5.82. The number of pyridine rings is 1. The highest BCUT2D eigenvalue weighted by Crippen LogP contribution is 2.79. The molecule has 2 aromatic heterocycles. The average molecular weight is 462 g/mol. The molecule has 2 N–H and O–H groups in total. The van der Waals surface area contributed by atoms with Crippen LogP contribution in [0.25, 0.3) is 22.0 Å². The van der Waals surface area contributed by atoms with Crippen molar-refractivity contribution in [3.63, 3.8) is 0 Å². The molecule has 4 fully saturated rings. The van der Waals surface area contributed by atoms with Crippen LogP contribution >= 0.6 is 11.9 Å². The number of aromatic nitrogens is 2. The lowest BCUT2D eigenvalue weighted by Gasteiger charge is -2.55. The lowest BCUT2D eigenvalue weighted by Crippen LogP contribution is -2.57. The maximum Gasteiger partial charge on any atom is 0.274 e. The third kappa shape index (κ3) is 2.64. The van der Waals surface area contributed by atoms with Crippen LogP contribution < -0.4 is 15.0 Å². The molecule has 0 aliphatic heterocycles. The Labute approximate surface area is 198 Å². The molecule has 0 saturated heterocycles. The molecule has 4 aliphatic carbocycles. The number of hydrogen-bond donors (Lipinski definition) is 2. The number of fused-ring (bicyclic) bond motifs is 3. The molecule has 33 heavy (non-hydrogen) atoms. The van der Waals surface area contributed by atoms with Crippen molar-refractivity contribution in [2.75, 3.05) is 11.0 Å². The van der Waals surface area contributed by atoms with Crippen LogP contribution in [0.5, 0.6) is 5.75 Å². The molecular formula is C27H31N3O2S. The SMILES string of the molecule is CSNc1ccc(OC2C3CC4CC5(C)CC2C3(C4)C5)c(-c2cn(C)c(=O)c3[nH]ccc23)c1. The van der Waals surface area contributed by atoms with E-state index >= 15 is 0 Å². The van der Waals surface area contributed by atoms with Crippen molar-refractivity contribution in [1.82, 2.24) is 9.55 Å². The second-order valence-electron chi connectivity index (χ2n) is 11.5. The maximum absolute atomic E-state index is 12.7. The van der Waals surface area contributed by atoms with Crippen LogP contribution in [-0.2, 0) is 7.05 Å². The van der Waals surface area contributed by atoms with E-state index in [0.717, 1.165) is 33.9 Å². The number of anilines is 1. The predicted molar refractivity (Wildman–Crippen MR) is 135 cm³/mol. The number of aromatic amines is 1. The highest BCUT2D eigenvalue weighted by molar-refractivity contribution is 7.99. The molecule has 0 amide bonds. The van der Waals surface area contributed by atoms with Crippen molar-refractivity contribution in [3.05, 3.63) is 47.0 Å². The van der Waals surface area contributed by atoms with Gasteiger partial charge in [0.05, 0.1) is 0 Å². The number of nitrogens with zero attached hydrogens (tertiary/aromatic N) is 1. The molecule has 5 nitrogen and oxygen atoms in total. The Morgan fingerprint density at radius 1 is 1.18 bits per heavy atom. The van der Waals surface area contributed by atoms with Gasteiger partial charge in [-0.05, 0) is 73.1 Å². The number of nitrogens with one attached hydrogen (secondary N) is 2. The van der Waals surface area contributed by atoms with Crippen molar-refractivity contribution in [1.29, 1.82) is 0 Å². The zero-order valence-electron chi connectivity index (χ0n) is 19.5. The number of rotatable bonds is 5. The van der Waals surface area contributed by atoms with E-state index < -0.39 is 0 Å². The second-order valence-corrected chi connectivity index (χ2v) is 12.1. The van der Waals surface area contributed by atoms with Crippen LogP contribution in [0.4, 0.5) is 5.69 Å². The van der Waals surface area contributed by atoms with Gasteiger partial charge in [0.2, 0.25) is 0 Å². The van der Waals surface area contributed by atoms with Gasteiger partial charge in [0.15, 0.2) is 0 Å². The van der Waals surface area contributed by atoms with Gasteiger partial charge in [0.25, 0.3) is 5.56 Å². The summed E-state index contributed by atoms with van der Waals surface area (Å²) in [6.45, 7) is 2.53. The van der Waals surface area contributed by atoms with E-state index in [1.807, 2.05) is 31.8 Å². The molecule has 4 saturated carbocycles. The summed E-state index contributed by atoms with van der Waals surface area (Å²) in [7, 11) is 1.82. The number of H-pyrrole nitrogens is 1. The lowest BCUT2D eigenvalue weighted by atomic mass is 9.53. The molecule has 3 bridgehead atoms. The number of aryl methyl sites for hydroxylation is 1. The minimum absolute atomic E-state index is 0.00670. The molecule has 0 radical (unpaired) electrons. The summed E-state index contributed by atoms with van der Waals surface area (Å²) in [6.07, 6.45) is 13.1. The third-order valence-electron chi connectivity index (χ3n) is 9.42. The van der Waals surface area contributed by atoms with Crippen molar-refractivity contribution >= 4 is 28.5 Å². The Kier molecular flexibility index (Phi) is 4.03. The molecule has 6 unspecified atom stereocenters. The molecule has 6 atom stereocenters. The minimum atomic E-state index is -0.00670. The van der Waals surface area contributed by atoms with Crippen LogP contribution in [0.2, 0.25) is 0 Å². The highest BCUT2D eigenvalue weighted by Gasteiger charge is 2.75. The maximum atomic E-state index is 12.7. The fourth-order valence-electron chi connectivity index (χ4n) is 8.62. The van der Waals surface area contributed by atoms with Gasteiger partial charge < -0.3 is 19.0 Å². The van der Waals surface area contributed by atoms with Crippen molar-refractivity contribution in [2.24, 2.45) is 35.6 Å². The van der Waals surface area contributed by atoms with Gasteiger partial charge in [-0.3, -0.25) is 4.79 Å². The van der Waals surface area contributed by atoms with Gasteiger partial charge in [0, 0.05) is 59.7 Å². The number of hydrogen-bond acceptors (Lipinski definition) is 4. The van der Waals surface area contributed by atoms with E-state index in [9.17, 15) is 4.79 Å². The summed E-state index contributed by atoms with van der Waals surface area (Å²) >= 11 is 1.58. The largest absolute Gasteiger partial charge is 0.489 e. The van der Waals surface area contributed by atoms with E-state index in [0.29, 0.717) is 34.3 Å². The number of benzene rings is 1. The Balaban J connectivity index is 1.32. The monoisotopic (exact) mass is 461 g/mol. The summed E-state index contributed by atoms with van der Waals surface area (Å²) in [6, 6.07) is 8.41. The minimum Gasteiger partial charge on any atom is -0.489 e. The fourth-order valence-corrected chi connectivity index (χ4v) is 8.98. The Hall–Kier alpha value is -2.34. The van der Waals surface area contributed by atoms with Crippen molar-refractivity contribution < 1.29 is 4.74 Å². The normalized spacial score (nSPS) is 35.6. The van der Waals surface area contributed by atoms with Crippen LogP contribution in [0.3, 0.4) is 0 Å². The van der Waals surface area contributed by atoms with Crippen LogP contribution in [0.15, 0.2) is 41.5 Å². The van der Waals surface area contributed by atoms with Gasteiger partial charge in [-0.1, -0.05) is 18.9 Å². The van der Waals surface area contributed by atoms with Gasteiger partial charge in [-0.2, -0.15) is 0 Å². The first kappa shape index (κ1) is 20.1. The van der Waals surface area contributed by atoms with E-state index in [2.05, 4.69) is 34.8 Å². The Morgan fingerprint density at radius 2 is 2.06 bits per heavy atom. The lowest BCUT2D eigenvalue weighted by molar-refractivity contribution is -0.124. The molecule has 3 aromatic rings. The second kappa shape index (κ2) is 6.62. The van der Waals surface area contributed by atoms with Gasteiger partial charge in [0.1, 0.15) is 17.4 Å². The zero-order valence-corrected chi connectivity index (χ0v) is 20.3. The van der Waals surface area contributed by atoms with Gasteiger partial charge >= 0.3 is 0 Å². The van der Waals surface area contributed by atoms with Gasteiger partial charge in [-0.25, -0.2) is 0 Å². The summed E-state index contributed by atoms with van der Waals surface area (Å²) in [5.41, 5.74) is 4.86. The van der Waals surface area contributed by atoms with Crippen LogP contribution in [-0.4, -0.2) is 21.9 Å². The fraction of sp³-hybridized carbons (Fsp3) is 0.519. The standard InChI is InChI=1S/C27H31N3O2S/c1-26-10-15-8-20-24(21(12-26)27(20,11-15)14-26)32-22-5-4-16(29-33-3)9-18(22)19-13-30(2)25(31)23-17(19)6-7-28-23/h4-7,9,13,15,20-21,24,28-29H,8,10-12,14H2,1-3H3. The van der Waals surface area contributed by atoms with E-state index in [1.54, 1.807) is 16.5 Å². The summed E-state index contributed by atoms with van der Waals surface area (Å²) in [5, 5.41) is 0.947.